The average Bonchev–Trinajstić information content (AvgIpc) is 2.16. The Bertz CT molecular complexity index is 384. The summed E-state index contributed by atoms with van der Waals surface area (Å²) in [5.41, 5.74) is 7.24. The minimum absolute atomic E-state index is 0.0711. The Balaban J connectivity index is 2.92. The number of halogens is 2. The number of anilines is 2. The van der Waals surface area contributed by atoms with Crippen LogP contribution in [0, 0.1) is 0 Å². The lowest BCUT2D eigenvalue weighted by atomic mass is 10.4. The monoisotopic (exact) mass is 249 g/mol. The van der Waals surface area contributed by atoms with E-state index < -0.39 is 5.91 Å². The van der Waals surface area contributed by atoms with Crippen molar-refractivity contribution >= 4 is 40.7 Å². The number of amides is 1. The lowest BCUT2D eigenvalue weighted by Gasteiger charge is -2.09. The van der Waals surface area contributed by atoms with Crippen LogP contribution in [0.3, 0.4) is 0 Å². The molecule has 0 aliphatic carbocycles. The summed E-state index contributed by atoms with van der Waals surface area (Å²) < 4.78 is 0. The lowest BCUT2D eigenvalue weighted by molar-refractivity contribution is -0.116. The predicted molar refractivity (Wildman–Crippen MR) is 59.8 cm³/mol. The minimum Gasteiger partial charge on any atom is -0.368 e. The number of nitrogens with zero attached hydrogens (tertiary/aromatic N) is 1. The molecular weight excluding hydrogens is 241 g/mol. The van der Waals surface area contributed by atoms with Gasteiger partial charge >= 0.3 is 0 Å². The zero-order valence-corrected chi connectivity index (χ0v) is 9.06. The number of primary amides is 1. The van der Waals surface area contributed by atoms with E-state index in [-0.39, 0.29) is 28.2 Å². The summed E-state index contributed by atoms with van der Waals surface area (Å²) >= 11 is 11.6. The summed E-state index contributed by atoms with van der Waals surface area (Å²) in [7, 11) is 0. The number of aromatic nitrogens is 1. The molecule has 0 aliphatic rings. The summed E-state index contributed by atoms with van der Waals surface area (Å²) in [5.74, 6) is 5.19. The molecule has 6 nitrogen and oxygen atoms in total. The van der Waals surface area contributed by atoms with Crippen molar-refractivity contribution in [1.29, 1.82) is 0 Å². The van der Waals surface area contributed by atoms with Crippen LogP contribution in [-0.4, -0.2) is 17.4 Å². The highest BCUT2D eigenvalue weighted by Crippen LogP contribution is 2.28. The van der Waals surface area contributed by atoms with Gasteiger partial charge in [0.05, 0.1) is 16.6 Å². The van der Waals surface area contributed by atoms with Crippen molar-refractivity contribution in [1.82, 2.24) is 4.98 Å². The van der Waals surface area contributed by atoms with Gasteiger partial charge in [0.15, 0.2) is 5.82 Å². The van der Waals surface area contributed by atoms with Crippen LogP contribution in [0.5, 0.6) is 0 Å². The number of hydrogen-bond donors (Lipinski definition) is 4. The summed E-state index contributed by atoms with van der Waals surface area (Å²) in [6, 6.07) is 1.45. The van der Waals surface area contributed by atoms with Crippen LogP contribution in [0.4, 0.5) is 11.6 Å². The van der Waals surface area contributed by atoms with Crippen molar-refractivity contribution in [3.05, 3.63) is 16.1 Å². The standard InChI is InChI=1S/C7H9Cl2N5O/c8-3-1-4(9)7(14-11)13-6(3)12-2-5(10)15/h1H,2,11H2,(H2,10,15)(H2,12,13,14). The van der Waals surface area contributed by atoms with Crippen molar-refractivity contribution in [2.75, 3.05) is 17.3 Å². The molecule has 1 aromatic heterocycles. The Hall–Kier alpha value is -1.24. The molecule has 0 saturated heterocycles. The number of rotatable bonds is 4. The number of nitrogens with one attached hydrogen (secondary N) is 2. The Morgan fingerprint density at radius 2 is 2.00 bits per heavy atom. The Kier molecular flexibility index (Phi) is 3.96. The van der Waals surface area contributed by atoms with Gasteiger partial charge in [0.25, 0.3) is 0 Å². The van der Waals surface area contributed by atoms with Crippen LogP contribution < -0.4 is 22.3 Å². The fourth-order valence-corrected chi connectivity index (χ4v) is 1.34. The topological polar surface area (TPSA) is 106 Å². The van der Waals surface area contributed by atoms with Gasteiger partial charge in [0.2, 0.25) is 5.91 Å². The van der Waals surface area contributed by atoms with Gasteiger partial charge in [0, 0.05) is 0 Å². The molecule has 0 bridgehead atoms. The summed E-state index contributed by atoms with van der Waals surface area (Å²) in [6.07, 6.45) is 0. The maximum absolute atomic E-state index is 10.5. The Morgan fingerprint density at radius 3 is 2.53 bits per heavy atom. The molecule has 0 spiro atoms. The molecule has 0 aromatic carbocycles. The van der Waals surface area contributed by atoms with E-state index in [2.05, 4.69) is 15.7 Å². The first-order valence-corrected chi connectivity index (χ1v) is 4.65. The molecule has 0 fully saturated rings. The van der Waals surface area contributed by atoms with E-state index in [1.807, 2.05) is 0 Å². The van der Waals surface area contributed by atoms with E-state index in [0.717, 1.165) is 0 Å². The molecule has 82 valence electrons. The van der Waals surface area contributed by atoms with Crippen molar-refractivity contribution in [3.63, 3.8) is 0 Å². The highest BCUT2D eigenvalue weighted by atomic mass is 35.5. The highest BCUT2D eigenvalue weighted by Gasteiger charge is 2.08. The van der Waals surface area contributed by atoms with Gasteiger partial charge in [-0.25, -0.2) is 10.8 Å². The first-order chi connectivity index (χ1) is 7.04. The molecule has 0 unspecified atom stereocenters. The van der Waals surface area contributed by atoms with Gasteiger partial charge in [-0.1, -0.05) is 23.2 Å². The maximum Gasteiger partial charge on any atom is 0.236 e. The van der Waals surface area contributed by atoms with E-state index in [0.29, 0.717) is 0 Å². The zero-order chi connectivity index (χ0) is 11.4. The molecule has 1 aromatic rings. The lowest BCUT2D eigenvalue weighted by Crippen LogP contribution is -2.22. The molecule has 0 radical (unpaired) electrons. The van der Waals surface area contributed by atoms with Crippen LogP contribution in [-0.2, 0) is 4.79 Å². The van der Waals surface area contributed by atoms with E-state index in [4.69, 9.17) is 34.8 Å². The Labute approximate surface area is 95.9 Å². The van der Waals surface area contributed by atoms with Crippen LogP contribution in [0.25, 0.3) is 0 Å². The predicted octanol–water partition coefficient (Wildman–Crippen LogP) is 0.571. The zero-order valence-electron chi connectivity index (χ0n) is 7.55. The van der Waals surface area contributed by atoms with E-state index in [9.17, 15) is 4.79 Å². The molecule has 1 heterocycles. The van der Waals surface area contributed by atoms with Crippen molar-refractivity contribution in [2.45, 2.75) is 0 Å². The number of carbonyl (C=O) groups excluding carboxylic acids is 1. The van der Waals surface area contributed by atoms with Gasteiger partial charge in [-0.15, -0.1) is 0 Å². The minimum atomic E-state index is -0.523. The SMILES string of the molecule is NNc1nc(NCC(N)=O)c(Cl)cc1Cl. The number of carbonyl (C=O) groups is 1. The van der Waals surface area contributed by atoms with Gasteiger partial charge < -0.3 is 16.5 Å². The molecule has 0 aliphatic heterocycles. The number of nitrogen functional groups attached to an aromatic ring is 1. The van der Waals surface area contributed by atoms with Gasteiger partial charge in [0.1, 0.15) is 5.82 Å². The highest BCUT2D eigenvalue weighted by molar-refractivity contribution is 6.37. The third-order valence-corrected chi connectivity index (χ3v) is 2.07. The Morgan fingerprint density at radius 1 is 1.40 bits per heavy atom. The first kappa shape index (κ1) is 11.8. The largest absolute Gasteiger partial charge is 0.368 e. The van der Waals surface area contributed by atoms with Crippen molar-refractivity contribution in [3.8, 4) is 0 Å². The van der Waals surface area contributed by atoms with E-state index in [1.165, 1.54) is 6.07 Å². The second-order valence-electron chi connectivity index (χ2n) is 2.61. The summed E-state index contributed by atoms with van der Waals surface area (Å²) in [5, 5.41) is 3.20. The fraction of sp³-hybridized carbons (Fsp3) is 0.143. The molecule has 0 atom stereocenters. The van der Waals surface area contributed by atoms with Gasteiger partial charge in [-0.05, 0) is 6.07 Å². The molecule has 6 N–H and O–H groups in total. The van der Waals surface area contributed by atoms with Crippen molar-refractivity contribution in [2.24, 2.45) is 11.6 Å². The summed E-state index contributed by atoms with van der Waals surface area (Å²) in [4.78, 5) is 14.5. The number of pyridine rings is 1. The third kappa shape index (κ3) is 3.12. The third-order valence-electron chi connectivity index (χ3n) is 1.50. The van der Waals surface area contributed by atoms with E-state index >= 15 is 0 Å². The molecule has 15 heavy (non-hydrogen) atoms. The molecular formula is C7H9Cl2N5O. The molecule has 1 rings (SSSR count). The average molecular weight is 250 g/mol. The molecule has 1 amide bonds. The van der Waals surface area contributed by atoms with Crippen molar-refractivity contribution < 1.29 is 4.79 Å². The molecule has 0 saturated carbocycles. The van der Waals surface area contributed by atoms with Gasteiger partial charge in [-0.2, -0.15) is 0 Å². The smallest absolute Gasteiger partial charge is 0.236 e. The van der Waals surface area contributed by atoms with Crippen LogP contribution >= 0.6 is 23.2 Å². The van der Waals surface area contributed by atoms with Gasteiger partial charge in [-0.3, -0.25) is 4.79 Å². The first-order valence-electron chi connectivity index (χ1n) is 3.89. The maximum atomic E-state index is 10.5. The second kappa shape index (κ2) is 5.01. The van der Waals surface area contributed by atoms with Crippen LogP contribution in [0.15, 0.2) is 6.07 Å². The molecule has 8 heteroatoms. The second-order valence-corrected chi connectivity index (χ2v) is 3.43. The fourth-order valence-electron chi connectivity index (χ4n) is 0.863. The quantitative estimate of drug-likeness (QED) is 0.461. The number of hydrazine groups is 1. The van der Waals surface area contributed by atoms with Crippen LogP contribution in [0.1, 0.15) is 0 Å². The normalized spacial score (nSPS) is 9.80. The summed E-state index contributed by atoms with van der Waals surface area (Å²) in [6.45, 7) is -0.0711. The van der Waals surface area contributed by atoms with Crippen LogP contribution in [0.2, 0.25) is 10.0 Å². The van der Waals surface area contributed by atoms with E-state index in [1.54, 1.807) is 0 Å². The number of hydrogen-bond acceptors (Lipinski definition) is 5. The number of nitrogens with two attached hydrogens (primary N) is 2.